The lowest BCUT2D eigenvalue weighted by Gasteiger charge is -2.26. The first-order valence-corrected chi connectivity index (χ1v) is 14.6. The average Bonchev–Trinajstić information content (AvgIpc) is 3.55. The third-order valence-electron chi connectivity index (χ3n) is 6.68. The molecule has 3 heterocycles. The van der Waals surface area contributed by atoms with Crippen molar-refractivity contribution in [1.29, 1.82) is 0 Å². The van der Waals surface area contributed by atoms with Crippen LogP contribution in [0, 0.1) is 5.92 Å². The highest BCUT2D eigenvalue weighted by Gasteiger charge is 2.30. The van der Waals surface area contributed by atoms with Gasteiger partial charge in [-0.25, -0.2) is 5.43 Å². The van der Waals surface area contributed by atoms with Crippen LogP contribution >= 0.6 is 23.1 Å². The van der Waals surface area contributed by atoms with Gasteiger partial charge in [-0.15, -0.1) is 23.1 Å². The van der Waals surface area contributed by atoms with Crippen LogP contribution in [0.2, 0.25) is 0 Å². The number of rotatable bonds is 8. The zero-order chi connectivity index (χ0) is 27.3. The van der Waals surface area contributed by atoms with Gasteiger partial charge in [-0.1, -0.05) is 45.0 Å². The zero-order valence-corrected chi connectivity index (χ0v) is 24.0. The monoisotopic (exact) mass is 556 g/mol. The molecule has 4 rings (SSSR count). The zero-order valence-electron chi connectivity index (χ0n) is 22.4. The molecular weight excluding hydrogens is 520 g/mol. The summed E-state index contributed by atoms with van der Waals surface area (Å²) in [5.41, 5.74) is 5.49. The first-order valence-electron chi connectivity index (χ1n) is 12.8. The molecule has 2 aliphatic rings. The number of ether oxygens (including phenoxy) is 1. The van der Waals surface area contributed by atoms with Crippen molar-refractivity contribution >= 4 is 45.5 Å². The van der Waals surface area contributed by atoms with Crippen LogP contribution in [0.5, 0.6) is 0 Å². The average molecular weight is 557 g/mol. The van der Waals surface area contributed by atoms with Gasteiger partial charge in [0.2, 0.25) is 0 Å². The fourth-order valence-electron chi connectivity index (χ4n) is 4.24. The Morgan fingerprint density at radius 3 is 2.39 bits per heavy atom. The minimum atomic E-state index is -0.381. The summed E-state index contributed by atoms with van der Waals surface area (Å²) < 4.78 is 5.34. The molecule has 0 bridgehead atoms. The van der Waals surface area contributed by atoms with Crippen molar-refractivity contribution in [2.45, 2.75) is 33.1 Å². The lowest BCUT2D eigenvalue weighted by atomic mass is 9.86. The quantitative estimate of drug-likeness (QED) is 0.327. The second-order valence-electron chi connectivity index (χ2n) is 10.5. The number of carbonyl (C=O) groups is 2. The van der Waals surface area contributed by atoms with Gasteiger partial charge in [-0.3, -0.25) is 14.5 Å². The number of morpholine rings is 1. The van der Waals surface area contributed by atoms with Crippen molar-refractivity contribution in [3.05, 3.63) is 63.0 Å². The molecule has 3 N–H and O–H groups in total. The number of hydrogen-bond donors (Lipinski definition) is 3. The molecule has 10 heteroatoms. The molecule has 1 atom stereocenters. The van der Waals surface area contributed by atoms with Crippen molar-refractivity contribution in [2.75, 3.05) is 45.1 Å². The molecule has 2 amide bonds. The van der Waals surface area contributed by atoms with E-state index in [1.165, 1.54) is 5.56 Å². The fraction of sp³-hybridized carbons (Fsp3) is 0.464. The lowest BCUT2D eigenvalue weighted by molar-refractivity contribution is 0.0383. The van der Waals surface area contributed by atoms with Crippen LogP contribution in [-0.2, 0) is 10.2 Å². The van der Waals surface area contributed by atoms with E-state index in [2.05, 4.69) is 53.6 Å². The lowest BCUT2D eigenvalue weighted by Crippen LogP contribution is -2.41. The van der Waals surface area contributed by atoms with Crippen LogP contribution in [0.4, 0.5) is 0 Å². The summed E-state index contributed by atoms with van der Waals surface area (Å²) in [6, 6.07) is 11.6. The van der Waals surface area contributed by atoms with E-state index < -0.39 is 0 Å². The maximum Gasteiger partial charge on any atom is 0.281 e. The van der Waals surface area contributed by atoms with Gasteiger partial charge in [0, 0.05) is 37.6 Å². The molecule has 2 aliphatic heterocycles. The molecule has 8 nitrogen and oxygen atoms in total. The number of nitrogens with one attached hydrogen (secondary N) is 2. The number of thioether (sulfide) groups is 1. The smallest absolute Gasteiger partial charge is 0.281 e. The van der Waals surface area contributed by atoms with Gasteiger partial charge in [0.25, 0.3) is 11.8 Å². The third-order valence-corrected chi connectivity index (χ3v) is 9.00. The summed E-state index contributed by atoms with van der Waals surface area (Å²) in [6.07, 6.45) is 0. The SMILES string of the molecule is C/C(=N\NC(=O)c1ccc(C(=O)NCCN2CCOCC2)s1)C1CSC(c2ccc(C(C)(C)C)cc2)=C1O. The van der Waals surface area contributed by atoms with Crippen LogP contribution in [0.25, 0.3) is 4.91 Å². The molecule has 1 saturated heterocycles. The molecule has 38 heavy (non-hydrogen) atoms. The number of allylic oxidation sites excluding steroid dienone is 1. The summed E-state index contributed by atoms with van der Waals surface area (Å²) in [5.74, 6) is 0.0908. The highest BCUT2D eigenvalue weighted by molar-refractivity contribution is 8.08. The number of nitrogens with zero attached hydrogens (tertiary/aromatic N) is 2. The second kappa shape index (κ2) is 12.5. The number of benzene rings is 1. The largest absolute Gasteiger partial charge is 0.510 e. The molecule has 0 radical (unpaired) electrons. The maximum atomic E-state index is 12.7. The molecule has 2 aromatic rings. The molecular formula is C28H36N4O4S2. The Morgan fingerprint density at radius 2 is 1.74 bits per heavy atom. The Hall–Kier alpha value is -2.66. The van der Waals surface area contributed by atoms with Gasteiger partial charge >= 0.3 is 0 Å². The number of amides is 2. The molecule has 204 valence electrons. The van der Waals surface area contributed by atoms with E-state index in [1.54, 1.807) is 30.8 Å². The van der Waals surface area contributed by atoms with Gasteiger partial charge < -0.3 is 15.2 Å². The Balaban J connectivity index is 1.31. The second-order valence-corrected chi connectivity index (χ2v) is 12.6. The van der Waals surface area contributed by atoms with Crippen LogP contribution in [0.15, 0.2) is 47.3 Å². The van der Waals surface area contributed by atoms with Crippen LogP contribution in [0.3, 0.4) is 0 Å². The van der Waals surface area contributed by atoms with E-state index >= 15 is 0 Å². The van der Waals surface area contributed by atoms with E-state index in [-0.39, 0.29) is 28.9 Å². The first-order chi connectivity index (χ1) is 18.1. The predicted octanol–water partition coefficient (Wildman–Crippen LogP) is 4.50. The van der Waals surface area contributed by atoms with E-state index in [4.69, 9.17) is 4.74 Å². The predicted molar refractivity (Wildman–Crippen MR) is 155 cm³/mol. The Kier molecular flexibility index (Phi) is 9.30. The van der Waals surface area contributed by atoms with Crippen LogP contribution < -0.4 is 10.7 Å². The number of hydrogen-bond acceptors (Lipinski definition) is 8. The van der Waals surface area contributed by atoms with E-state index in [0.29, 0.717) is 27.8 Å². The Morgan fingerprint density at radius 1 is 1.08 bits per heavy atom. The summed E-state index contributed by atoms with van der Waals surface area (Å²) in [6.45, 7) is 12.8. The van der Waals surface area contributed by atoms with Crippen molar-refractivity contribution in [3.8, 4) is 0 Å². The topological polar surface area (TPSA) is 103 Å². The van der Waals surface area contributed by atoms with Gasteiger partial charge in [0.1, 0.15) is 5.76 Å². The normalized spacial score (nSPS) is 19.1. The van der Waals surface area contributed by atoms with Crippen LogP contribution in [0.1, 0.15) is 58.2 Å². The number of aliphatic hydroxyl groups excluding tert-OH is 1. The highest BCUT2D eigenvalue weighted by atomic mass is 32.2. The number of thiophene rings is 1. The summed E-state index contributed by atoms with van der Waals surface area (Å²) in [4.78, 5) is 29.1. The minimum absolute atomic E-state index is 0.0674. The van der Waals surface area contributed by atoms with Gasteiger partial charge in [0.05, 0.1) is 33.8 Å². The molecule has 0 saturated carbocycles. The molecule has 0 aliphatic carbocycles. The first kappa shape index (κ1) is 28.4. The molecule has 1 unspecified atom stereocenters. The third kappa shape index (κ3) is 7.05. The summed E-state index contributed by atoms with van der Waals surface area (Å²) in [7, 11) is 0. The molecule has 1 fully saturated rings. The van der Waals surface area contributed by atoms with E-state index in [9.17, 15) is 14.7 Å². The van der Waals surface area contributed by atoms with Crippen molar-refractivity contribution in [2.24, 2.45) is 11.0 Å². The van der Waals surface area contributed by atoms with Gasteiger partial charge in [-0.05, 0) is 35.6 Å². The van der Waals surface area contributed by atoms with Crippen molar-refractivity contribution in [3.63, 3.8) is 0 Å². The number of aliphatic hydroxyl groups is 1. The summed E-state index contributed by atoms with van der Waals surface area (Å²) >= 11 is 2.72. The van der Waals surface area contributed by atoms with Gasteiger partial charge in [0.15, 0.2) is 0 Å². The number of carbonyl (C=O) groups excluding carboxylic acids is 2. The number of hydrazone groups is 1. The summed E-state index contributed by atoms with van der Waals surface area (Å²) in [5, 5.41) is 18.1. The molecule has 0 spiro atoms. The molecule has 1 aromatic heterocycles. The maximum absolute atomic E-state index is 12.7. The van der Waals surface area contributed by atoms with E-state index in [0.717, 1.165) is 54.7 Å². The highest BCUT2D eigenvalue weighted by Crippen LogP contribution is 2.42. The van der Waals surface area contributed by atoms with Crippen molar-refractivity contribution in [1.82, 2.24) is 15.6 Å². The molecule has 1 aromatic carbocycles. The van der Waals surface area contributed by atoms with Crippen LogP contribution in [-0.4, -0.2) is 72.7 Å². The fourth-order valence-corrected chi connectivity index (χ4v) is 6.38. The van der Waals surface area contributed by atoms with Crippen molar-refractivity contribution < 1.29 is 19.4 Å². The Bertz CT molecular complexity index is 1210. The Labute approximate surface area is 232 Å². The standard InChI is InChI=1S/C28H36N4O4S2/c1-18(21-17-37-25(24(21)33)19-5-7-20(8-6-19)28(2,3)4)30-31-27(35)23-10-9-22(38-23)26(34)29-11-12-32-13-15-36-16-14-32/h5-10,21,33H,11-17H2,1-4H3,(H,29,34)(H,31,35)/b30-18+. The van der Waals surface area contributed by atoms with Gasteiger partial charge in [-0.2, -0.15) is 5.10 Å². The van der Waals surface area contributed by atoms with E-state index in [1.807, 2.05) is 12.1 Å². The minimum Gasteiger partial charge on any atom is -0.510 e.